The molecule has 1 aliphatic heterocycles. The van der Waals surface area contributed by atoms with Gasteiger partial charge in [0.1, 0.15) is 12.4 Å². The number of benzene rings is 3. The summed E-state index contributed by atoms with van der Waals surface area (Å²) in [5.41, 5.74) is 4.34. The topological polar surface area (TPSA) is 72.7 Å². The maximum absolute atomic E-state index is 13.0. The number of nitro benzene ring substituents is 1. The van der Waals surface area contributed by atoms with E-state index in [1.807, 2.05) is 53.4 Å². The molecule has 1 heterocycles. The number of non-ortho nitro benzene ring substituents is 1. The lowest BCUT2D eigenvalue weighted by Gasteiger charge is -2.15. The second-order valence-corrected chi connectivity index (χ2v) is 8.29. The molecule has 1 aliphatic rings. The molecule has 0 fully saturated rings. The van der Waals surface area contributed by atoms with Crippen molar-refractivity contribution in [3.8, 4) is 5.75 Å². The monoisotopic (exact) mass is 492 g/mol. The maximum atomic E-state index is 13.0. The summed E-state index contributed by atoms with van der Waals surface area (Å²) in [6.07, 6.45) is 2.79. The van der Waals surface area contributed by atoms with Crippen molar-refractivity contribution in [2.45, 2.75) is 20.0 Å². The fourth-order valence-electron chi connectivity index (χ4n) is 3.66. The van der Waals surface area contributed by atoms with E-state index in [2.05, 4.69) is 22.9 Å². The molecule has 0 N–H and O–H groups in total. The molecule has 6 nitrogen and oxygen atoms in total. The number of ether oxygens (including phenoxy) is 1. The minimum Gasteiger partial charge on any atom is -0.488 e. The molecule has 0 radical (unpaired) electrons. The predicted octanol–water partition coefficient (Wildman–Crippen LogP) is 6.23. The summed E-state index contributed by atoms with van der Waals surface area (Å²) in [6.45, 7) is 3.03. The number of amides is 1. The minimum absolute atomic E-state index is 0.0164. The van der Waals surface area contributed by atoms with Gasteiger partial charge in [0.15, 0.2) is 0 Å². The standard InChI is InChI=1S/C25H21BrN2O4/c1-2-13-27-23-6-4-3-5-20(23)21(25(27)29)14-18-9-12-24(22(26)15-18)32-16-17-7-10-19(11-8-17)28(30)31/h3-12,14-15H,2,13,16H2,1H3/b21-14-. The summed E-state index contributed by atoms with van der Waals surface area (Å²) < 4.78 is 6.62. The zero-order valence-corrected chi connectivity index (χ0v) is 19.0. The van der Waals surface area contributed by atoms with E-state index >= 15 is 0 Å². The van der Waals surface area contributed by atoms with Gasteiger partial charge in [0, 0.05) is 29.8 Å². The Balaban J connectivity index is 1.53. The van der Waals surface area contributed by atoms with Crippen LogP contribution < -0.4 is 9.64 Å². The first-order chi connectivity index (χ1) is 15.5. The van der Waals surface area contributed by atoms with Crippen LogP contribution in [0.5, 0.6) is 5.75 Å². The van der Waals surface area contributed by atoms with E-state index in [0.717, 1.165) is 33.3 Å². The molecule has 0 aromatic heterocycles. The van der Waals surface area contributed by atoms with Gasteiger partial charge in [-0.1, -0.05) is 31.2 Å². The van der Waals surface area contributed by atoms with Crippen molar-refractivity contribution in [2.75, 3.05) is 11.4 Å². The van der Waals surface area contributed by atoms with Gasteiger partial charge < -0.3 is 9.64 Å². The maximum Gasteiger partial charge on any atom is 0.269 e. The zero-order valence-electron chi connectivity index (χ0n) is 17.5. The number of para-hydroxylation sites is 1. The van der Waals surface area contributed by atoms with E-state index in [1.165, 1.54) is 12.1 Å². The van der Waals surface area contributed by atoms with Crippen molar-refractivity contribution in [2.24, 2.45) is 0 Å². The van der Waals surface area contributed by atoms with Gasteiger partial charge >= 0.3 is 0 Å². The van der Waals surface area contributed by atoms with Gasteiger partial charge in [-0.2, -0.15) is 0 Å². The van der Waals surface area contributed by atoms with Crippen molar-refractivity contribution < 1.29 is 14.5 Å². The third-order valence-corrected chi connectivity index (χ3v) is 5.84. The second kappa shape index (κ2) is 9.36. The van der Waals surface area contributed by atoms with Crippen LogP contribution in [0.1, 0.15) is 30.0 Å². The van der Waals surface area contributed by atoms with Crippen LogP contribution in [-0.2, 0) is 11.4 Å². The molecule has 7 heteroatoms. The van der Waals surface area contributed by atoms with Crippen molar-refractivity contribution in [1.82, 2.24) is 0 Å². The summed E-state index contributed by atoms with van der Waals surface area (Å²) in [6, 6.07) is 19.8. The summed E-state index contributed by atoms with van der Waals surface area (Å²) in [5, 5.41) is 10.8. The Labute approximate surface area is 194 Å². The lowest BCUT2D eigenvalue weighted by molar-refractivity contribution is -0.384. The van der Waals surface area contributed by atoms with E-state index in [0.29, 0.717) is 17.9 Å². The van der Waals surface area contributed by atoms with Crippen LogP contribution in [-0.4, -0.2) is 17.4 Å². The largest absolute Gasteiger partial charge is 0.488 e. The molecule has 0 atom stereocenters. The van der Waals surface area contributed by atoms with Gasteiger partial charge in [-0.3, -0.25) is 14.9 Å². The van der Waals surface area contributed by atoms with Crippen molar-refractivity contribution in [3.05, 3.63) is 98.0 Å². The van der Waals surface area contributed by atoms with Crippen LogP contribution in [0.4, 0.5) is 11.4 Å². The van der Waals surface area contributed by atoms with Gasteiger partial charge in [-0.25, -0.2) is 0 Å². The van der Waals surface area contributed by atoms with E-state index in [4.69, 9.17) is 4.74 Å². The highest BCUT2D eigenvalue weighted by molar-refractivity contribution is 9.10. The lowest BCUT2D eigenvalue weighted by Crippen LogP contribution is -2.26. The molecule has 4 rings (SSSR count). The first-order valence-corrected chi connectivity index (χ1v) is 11.1. The molecule has 32 heavy (non-hydrogen) atoms. The number of hydrogen-bond acceptors (Lipinski definition) is 4. The lowest BCUT2D eigenvalue weighted by atomic mass is 10.0. The van der Waals surface area contributed by atoms with Crippen LogP contribution in [0.2, 0.25) is 0 Å². The van der Waals surface area contributed by atoms with Crippen molar-refractivity contribution >= 4 is 44.9 Å². The molecule has 0 unspecified atom stereocenters. The quantitative estimate of drug-likeness (QED) is 0.222. The van der Waals surface area contributed by atoms with Crippen molar-refractivity contribution in [1.29, 1.82) is 0 Å². The van der Waals surface area contributed by atoms with E-state index in [-0.39, 0.29) is 18.2 Å². The summed E-state index contributed by atoms with van der Waals surface area (Å²) in [4.78, 5) is 25.2. The van der Waals surface area contributed by atoms with Gasteiger partial charge in [0.2, 0.25) is 0 Å². The Hall–Kier alpha value is -3.45. The Morgan fingerprint density at radius 2 is 1.84 bits per heavy atom. The number of nitro groups is 1. The van der Waals surface area contributed by atoms with Crippen LogP contribution in [0, 0.1) is 10.1 Å². The molecule has 1 amide bonds. The molecule has 0 aliphatic carbocycles. The molecule has 3 aromatic rings. The number of fused-ring (bicyclic) bond motifs is 1. The van der Waals surface area contributed by atoms with Gasteiger partial charge in [-0.05, 0) is 69.9 Å². The average molecular weight is 493 g/mol. The predicted molar refractivity (Wildman–Crippen MR) is 129 cm³/mol. The molecular weight excluding hydrogens is 472 g/mol. The third kappa shape index (κ3) is 4.43. The normalized spacial score (nSPS) is 14.0. The molecule has 0 saturated carbocycles. The Bertz CT molecular complexity index is 1200. The van der Waals surface area contributed by atoms with Gasteiger partial charge in [-0.15, -0.1) is 0 Å². The van der Waals surface area contributed by atoms with Gasteiger partial charge in [0.25, 0.3) is 11.6 Å². The molecule has 0 bridgehead atoms. The summed E-state index contributed by atoms with van der Waals surface area (Å²) >= 11 is 3.55. The molecule has 3 aromatic carbocycles. The number of carbonyl (C=O) groups excluding carboxylic acids is 1. The van der Waals surface area contributed by atoms with E-state index in [9.17, 15) is 14.9 Å². The van der Waals surface area contributed by atoms with E-state index < -0.39 is 4.92 Å². The van der Waals surface area contributed by atoms with Crippen LogP contribution >= 0.6 is 15.9 Å². The highest BCUT2D eigenvalue weighted by Gasteiger charge is 2.31. The zero-order chi connectivity index (χ0) is 22.7. The highest BCUT2D eigenvalue weighted by atomic mass is 79.9. The number of hydrogen-bond donors (Lipinski definition) is 0. The van der Waals surface area contributed by atoms with Crippen LogP contribution in [0.15, 0.2) is 71.2 Å². The van der Waals surface area contributed by atoms with Crippen LogP contribution in [0.25, 0.3) is 11.6 Å². The second-order valence-electron chi connectivity index (χ2n) is 7.43. The Morgan fingerprint density at radius 3 is 2.53 bits per heavy atom. The number of carbonyl (C=O) groups is 1. The Morgan fingerprint density at radius 1 is 1.09 bits per heavy atom. The summed E-state index contributed by atoms with van der Waals surface area (Å²) in [5.74, 6) is 0.666. The molecule has 0 saturated heterocycles. The fourth-order valence-corrected chi connectivity index (χ4v) is 4.17. The summed E-state index contributed by atoms with van der Waals surface area (Å²) in [7, 11) is 0. The smallest absolute Gasteiger partial charge is 0.269 e. The fraction of sp³-hybridized carbons (Fsp3) is 0.160. The SMILES string of the molecule is CCCN1C(=O)/C(=C\c2ccc(OCc3ccc([N+](=O)[O-])cc3)c(Br)c2)c2ccccc21. The highest BCUT2D eigenvalue weighted by Crippen LogP contribution is 2.38. The Kier molecular flexibility index (Phi) is 6.37. The molecule has 162 valence electrons. The number of anilines is 1. The van der Waals surface area contributed by atoms with E-state index in [1.54, 1.807) is 12.1 Å². The van der Waals surface area contributed by atoms with Gasteiger partial charge in [0.05, 0.1) is 15.1 Å². The van der Waals surface area contributed by atoms with Crippen LogP contribution in [0.3, 0.4) is 0 Å². The molecule has 0 spiro atoms. The first-order valence-electron chi connectivity index (χ1n) is 10.3. The third-order valence-electron chi connectivity index (χ3n) is 5.22. The number of nitrogens with zero attached hydrogens (tertiary/aromatic N) is 2. The van der Waals surface area contributed by atoms with Crippen molar-refractivity contribution in [3.63, 3.8) is 0 Å². The number of rotatable bonds is 7. The minimum atomic E-state index is -0.427. The number of halogens is 1. The average Bonchev–Trinajstić information content (AvgIpc) is 3.05. The first kappa shape index (κ1) is 21.8. The molecular formula is C25H21BrN2O4.